The molecule has 0 aromatic heterocycles. The molecule has 2 rings (SSSR count). The second-order valence-electron chi connectivity index (χ2n) is 4.76. The molecule has 0 saturated carbocycles. The molecule has 0 spiro atoms. The first-order chi connectivity index (χ1) is 9.75. The van der Waals surface area contributed by atoms with Gasteiger partial charge in [0.1, 0.15) is 0 Å². The Balaban J connectivity index is 1.65. The number of carbonyl (C=O) groups excluding carboxylic acids is 2. The molecule has 2 amide bonds. The molecule has 0 aliphatic carbocycles. The summed E-state index contributed by atoms with van der Waals surface area (Å²) >= 11 is 0. The lowest BCUT2D eigenvalue weighted by Crippen LogP contribution is -2.40. The molecular formula is C15H20N2O3. The van der Waals surface area contributed by atoms with Gasteiger partial charge in [0.25, 0.3) is 0 Å². The molecule has 20 heavy (non-hydrogen) atoms. The number of nitrogens with zero attached hydrogens (tertiary/aromatic N) is 1. The predicted octanol–water partition coefficient (Wildman–Crippen LogP) is 1.65. The molecule has 1 aromatic rings. The van der Waals surface area contributed by atoms with E-state index in [1.54, 1.807) is 4.90 Å². The first-order valence-electron chi connectivity index (χ1n) is 6.96. The summed E-state index contributed by atoms with van der Waals surface area (Å²) in [5, 5.41) is 2.81. The summed E-state index contributed by atoms with van der Waals surface area (Å²) in [5.41, 5.74) is 0.789. The van der Waals surface area contributed by atoms with Crippen LogP contribution in [0, 0.1) is 0 Å². The van der Waals surface area contributed by atoms with E-state index in [1.165, 1.54) is 0 Å². The van der Waals surface area contributed by atoms with E-state index in [4.69, 9.17) is 4.74 Å². The van der Waals surface area contributed by atoms with Crippen LogP contribution < -0.4 is 5.32 Å². The van der Waals surface area contributed by atoms with E-state index in [2.05, 4.69) is 5.32 Å². The molecule has 0 radical (unpaired) electrons. The monoisotopic (exact) mass is 276 g/mol. The van der Waals surface area contributed by atoms with Crippen molar-refractivity contribution < 1.29 is 14.3 Å². The first-order valence-corrected chi connectivity index (χ1v) is 6.96. The number of para-hydroxylation sites is 1. The van der Waals surface area contributed by atoms with E-state index in [0.29, 0.717) is 45.6 Å². The molecule has 1 saturated heterocycles. The first kappa shape index (κ1) is 14.5. The van der Waals surface area contributed by atoms with Gasteiger partial charge >= 0.3 is 0 Å². The Hall–Kier alpha value is -1.88. The standard InChI is InChI=1S/C15H20N2O3/c18-14(16-13-5-2-1-3-6-13)7-4-8-15(19)17-9-11-20-12-10-17/h1-3,5-6H,4,7-12H2,(H,16,18). The molecule has 1 aliphatic heterocycles. The number of hydrogen-bond donors (Lipinski definition) is 1. The fourth-order valence-electron chi connectivity index (χ4n) is 2.12. The third-order valence-corrected chi connectivity index (χ3v) is 3.22. The van der Waals surface area contributed by atoms with Crippen molar-refractivity contribution in [2.45, 2.75) is 19.3 Å². The van der Waals surface area contributed by atoms with Crippen molar-refractivity contribution in [3.05, 3.63) is 30.3 Å². The number of benzene rings is 1. The maximum absolute atomic E-state index is 11.9. The van der Waals surface area contributed by atoms with Crippen LogP contribution in [0.25, 0.3) is 0 Å². The summed E-state index contributed by atoms with van der Waals surface area (Å²) in [6, 6.07) is 9.33. The van der Waals surface area contributed by atoms with Crippen LogP contribution in [0.4, 0.5) is 5.69 Å². The molecule has 1 heterocycles. The van der Waals surface area contributed by atoms with E-state index in [1.807, 2.05) is 30.3 Å². The zero-order valence-electron chi connectivity index (χ0n) is 11.5. The summed E-state index contributed by atoms with van der Waals surface area (Å²) < 4.78 is 5.20. The Bertz CT molecular complexity index is 442. The zero-order chi connectivity index (χ0) is 14.2. The van der Waals surface area contributed by atoms with Gasteiger partial charge in [0, 0.05) is 31.6 Å². The SMILES string of the molecule is O=C(CCCC(=O)N1CCOCC1)Nc1ccccc1. The fourth-order valence-corrected chi connectivity index (χ4v) is 2.12. The fraction of sp³-hybridized carbons (Fsp3) is 0.467. The molecule has 5 nitrogen and oxygen atoms in total. The third-order valence-electron chi connectivity index (χ3n) is 3.22. The molecule has 0 unspecified atom stereocenters. The second-order valence-corrected chi connectivity index (χ2v) is 4.76. The van der Waals surface area contributed by atoms with E-state index in [9.17, 15) is 9.59 Å². The van der Waals surface area contributed by atoms with Crippen LogP contribution in [0.3, 0.4) is 0 Å². The average Bonchev–Trinajstić information content (AvgIpc) is 2.49. The van der Waals surface area contributed by atoms with Gasteiger partial charge in [-0.15, -0.1) is 0 Å². The highest BCUT2D eigenvalue weighted by atomic mass is 16.5. The third kappa shape index (κ3) is 4.66. The van der Waals surface area contributed by atoms with Crippen molar-refractivity contribution in [3.8, 4) is 0 Å². The van der Waals surface area contributed by atoms with Crippen LogP contribution in [-0.2, 0) is 14.3 Å². The lowest BCUT2D eigenvalue weighted by molar-refractivity contribution is -0.135. The van der Waals surface area contributed by atoms with Crippen LogP contribution in [-0.4, -0.2) is 43.0 Å². The van der Waals surface area contributed by atoms with Crippen LogP contribution in [0.15, 0.2) is 30.3 Å². The van der Waals surface area contributed by atoms with Crippen molar-refractivity contribution in [2.24, 2.45) is 0 Å². The Morgan fingerprint density at radius 2 is 1.80 bits per heavy atom. The Morgan fingerprint density at radius 1 is 1.10 bits per heavy atom. The Labute approximate surface area is 118 Å². The summed E-state index contributed by atoms with van der Waals surface area (Å²) in [4.78, 5) is 25.4. The average molecular weight is 276 g/mol. The summed E-state index contributed by atoms with van der Waals surface area (Å²) in [6.07, 6.45) is 1.36. The number of carbonyl (C=O) groups is 2. The van der Waals surface area contributed by atoms with Gasteiger partial charge in [0.05, 0.1) is 13.2 Å². The minimum absolute atomic E-state index is 0.0500. The van der Waals surface area contributed by atoms with Crippen molar-refractivity contribution in [1.82, 2.24) is 4.90 Å². The van der Waals surface area contributed by atoms with Crippen molar-refractivity contribution in [3.63, 3.8) is 0 Å². The topological polar surface area (TPSA) is 58.6 Å². The largest absolute Gasteiger partial charge is 0.378 e. The number of amides is 2. The van der Waals surface area contributed by atoms with E-state index in [-0.39, 0.29) is 11.8 Å². The highest BCUT2D eigenvalue weighted by molar-refractivity contribution is 5.90. The minimum Gasteiger partial charge on any atom is -0.378 e. The second kappa shape index (κ2) is 7.65. The molecule has 0 bridgehead atoms. The van der Waals surface area contributed by atoms with Gasteiger partial charge in [-0.25, -0.2) is 0 Å². The zero-order valence-corrected chi connectivity index (χ0v) is 11.5. The van der Waals surface area contributed by atoms with Crippen LogP contribution in [0.5, 0.6) is 0 Å². The van der Waals surface area contributed by atoms with E-state index in [0.717, 1.165) is 5.69 Å². The molecule has 1 aliphatic rings. The lowest BCUT2D eigenvalue weighted by atomic mass is 10.2. The van der Waals surface area contributed by atoms with E-state index >= 15 is 0 Å². The van der Waals surface area contributed by atoms with Crippen LogP contribution in [0.2, 0.25) is 0 Å². The normalized spacial score (nSPS) is 14.9. The summed E-state index contributed by atoms with van der Waals surface area (Å²) in [7, 11) is 0. The molecule has 0 atom stereocenters. The molecule has 1 aromatic carbocycles. The number of hydrogen-bond acceptors (Lipinski definition) is 3. The van der Waals surface area contributed by atoms with Gasteiger partial charge in [-0.1, -0.05) is 18.2 Å². The molecule has 108 valence electrons. The summed E-state index contributed by atoms with van der Waals surface area (Å²) in [6.45, 7) is 2.55. The predicted molar refractivity (Wildman–Crippen MR) is 76.3 cm³/mol. The van der Waals surface area contributed by atoms with Gasteiger partial charge in [-0.3, -0.25) is 9.59 Å². The van der Waals surface area contributed by atoms with Gasteiger partial charge in [0.2, 0.25) is 11.8 Å². The molecular weight excluding hydrogens is 256 g/mol. The van der Waals surface area contributed by atoms with E-state index < -0.39 is 0 Å². The van der Waals surface area contributed by atoms with Gasteiger partial charge in [0.15, 0.2) is 0 Å². The molecule has 1 N–H and O–H groups in total. The smallest absolute Gasteiger partial charge is 0.224 e. The highest BCUT2D eigenvalue weighted by Gasteiger charge is 2.16. The maximum Gasteiger partial charge on any atom is 0.224 e. The van der Waals surface area contributed by atoms with Gasteiger partial charge < -0.3 is 15.0 Å². The van der Waals surface area contributed by atoms with Gasteiger partial charge in [-0.05, 0) is 18.6 Å². The van der Waals surface area contributed by atoms with Crippen LogP contribution in [0.1, 0.15) is 19.3 Å². The Kier molecular flexibility index (Phi) is 5.55. The number of rotatable bonds is 5. The van der Waals surface area contributed by atoms with Crippen molar-refractivity contribution in [1.29, 1.82) is 0 Å². The number of nitrogens with one attached hydrogen (secondary N) is 1. The summed E-state index contributed by atoms with van der Waals surface area (Å²) in [5.74, 6) is 0.0618. The maximum atomic E-state index is 11.9. The molecule has 1 fully saturated rings. The minimum atomic E-state index is -0.0500. The van der Waals surface area contributed by atoms with Gasteiger partial charge in [-0.2, -0.15) is 0 Å². The number of anilines is 1. The molecule has 5 heteroatoms. The number of morpholine rings is 1. The van der Waals surface area contributed by atoms with Crippen molar-refractivity contribution in [2.75, 3.05) is 31.6 Å². The number of ether oxygens (including phenoxy) is 1. The van der Waals surface area contributed by atoms with Crippen LogP contribution >= 0.6 is 0 Å². The van der Waals surface area contributed by atoms with Crippen molar-refractivity contribution >= 4 is 17.5 Å². The Morgan fingerprint density at radius 3 is 2.50 bits per heavy atom. The quantitative estimate of drug-likeness (QED) is 0.889. The highest BCUT2D eigenvalue weighted by Crippen LogP contribution is 2.08. The lowest BCUT2D eigenvalue weighted by Gasteiger charge is -2.26.